The summed E-state index contributed by atoms with van der Waals surface area (Å²) in [6, 6.07) is 6.57. The van der Waals surface area contributed by atoms with Gasteiger partial charge in [-0.25, -0.2) is 0 Å². The summed E-state index contributed by atoms with van der Waals surface area (Å²) in [5.74, 6) is 21.8. The van der Waals surface area contributed by atoms with Crippen LogP contribution >= 0.6 is 0 Å². The van der Waals surface area contributed by atoms with E-state index in [1.807, 2.05) is 13.8 Å². The molecular formula is C32H28F6N2O2. The summed E-state index contributed by atoms with van der Waals surface area (Å²) >= 11 is 0. The monoisotopic (exact) mass is 586 g/mol. The van der Waals surface area contributed by atoms with E-state index in [0.29, 0.717) is 12.8 Å². The summed E-state index contributed by atoms with van der Waals surface area (Å²) in [7, 11) is 0. The number of benzene rings is 2. The van der Waals surface area contributed by atoms with E-state index in [-0.39, 0.29) is 33.6 Å². The van der Waals surface area contributed by atoms with Gasteiger partial charge in [0.1, 0.15) is 11.5 Å². The van der Waals surface area contributed by atoms with Crippen molar-refractivity contribution in [2.45, 2.75) is 65.1 Å². The molecule has 220 valence electrons. The molecule has 0 aliphatic carbocycles. The molecule has 2 rings (SSSR count). The first-order valence-corrected chi connectivity index (χ1v) is 12.9. The first kappa shape index (κ1) is 33.4. The van der Waals surface area contributed by atoms with E-state index in [2.05, 4.69) is 56.8 Å². The van der Waals surface area contributed by atoms with Crippen LogP contribution in [-0.4, -0.2) is 12.7 Å². The zero-order valence-corrected chi connectivity index (χ0v) is 22.9. The standard InChI is InChI=1S/C32H28F6N2O2/c1-3-5-7-9-11-23(12-10-8-6-4-2)24(13-15-25-21-27(17-19-29(25)39)41-31(33,34)35)14-16-26-22-28(18-20-30(26)40)42-32(36,37)38/h17-22H,3-8,39-40H2,1-2H3. The average Bonchev–Trinajstić information content (AvgIpc) is 2.89. The highest BCUT2D eigenvalue weighted by Gasteiger charge is 2.32. The Labute approximate surface area is 241 Å². The van der Waals surface area contributed by atoms with Gasteiger partial charge in [-0.05, 0) is 49.2 Å². The van der Waals surface area contributed by atoms with Crippen molar-refractivity contribution in [2.24, 2.45) is 0 Å². The Hall–Kier alpha value is -4.80. The lowest BCUT2D eigenvalue weighted by Crippen LogP contribution is -2.17. The van der Waals surface area contributed by atoms with E-state index >= 15 is 0 Å². The Morgan fingerprint density at radius 1 is 0.643 bits per heavy atom. The van der Waals surface area contributed by atoms with Gasteiger partial charge in [-0.2, -0.15) is 0 Å². The SMILES string of the molecule is CCCCC#CC(C#CCCCC)=C(C#Cc1cc(OC(F)(F)F)ccc1N)C#Cc1cc(OC(F)(F)F)ccc1N. The minimum atomic E-state index is -4.92. The van der Waals surface area contributed by atoms with Crippen molar-refractivity contribution in [3.8, 4) is 58.9 Å². The lowest BCUT2D eigenvalue weighted by molar-refractivity contribution is -0.275. The second-order valence-corrected chi connectivity index (χ2v) is 8.65. The zero-order chi connectivity index (χ0) is 31.2. The second-order valence-electron chi connectivity index (χ2n) is 8.65. The van der Waals surface area contributed by atoms with Gasteiger partial charge in [0.2, 0.25) is 0 Å². The lowest BCUT2D eigenvalue weighted by atomic mass is 10.1. The van der Waals surface area contributed by atoms with Crippen LogP contribution in [0.3, 0.4) is 0 Å². The molecule has 0 atom stereocenters. The topological polar surface area (TPSA) is 70.5 Å². The molecule has 0 aromatic heterocycles. The number of ether oxygens (including phenoxy) is 2. The fraction of sp³-hybridized carbons (Fsp3) is 0.312. The number of rotatable bonds is 6. The maximum atomic E-state index is 12.7. The van der Waals surface area contributed by atoms with E-state index < -0.39 is 24.2 Å². The molecule has 0 spiro atoms. The third kappa shape index (κ3) is 12.6. The van der Waals surface area contributed by atoms with Crippen molar-refractivity contribution in [1.82, 2.24) is 0 Å². The van der Waals surface area contributed by atoms with Crippen LogP contribution in [0.4, 0.5) is 37.7 Å². The van der Waals surface area contributed by atoms with Gasteiger partial charge in [0.05, 0.1) is 22.3 Å². The molecule has 0 unspecified atom stereocenters. The predicted molar refractivity (Wildman–Crippen MR) is 150 cm³/mol. The van der Waals surface area contributed by atoms with Gasteiger partial charge in [-0.15, -0.1) is 26.3 Å². The van der Waals surface area contributed by atoms with Crippen LogP contribution in [0, 0.1) is 47.4 Å². The van der Waals surface area contributed by atoms with E-state index in [0.717, 1.165) is 49.9 Å². The second kappa shape index (κ2) is 15.8. The number of allylic oxidation sites excluding steroid dienone is 2. The van der Waals surface area contributed by atoms with Crippen LogP contribution in [0.1, 0.15) is 63.5 Å². The van der Waals surface area contributed by atoms with Crippen molar-refractivity contribution in [3.05, 3.63) is 58.7 Å². The summed E-state index contributed by atoms with van der Waals surface area (Å²) < 4.78 is 84.3. The first-order chi connectivity index (χ1) is 19.8. The highest BCUT2D eigenvalue weighted by molar-refractivity contribution is 5.67. The molecule has 0 saturated carbocycles. The highest BCUT2D eigenvalue weighted by atomic mass is 19.4. The van der Waals surface area contributed by atoms with Gasteiger partial charge >= 0.3 is 12.7 Å². The van der Waals surface area contributed by atoms with E-state index in [9.17, 15) is 26.3 Å². The van der Waals surface area contributed by atoms with Gasteiger partial charge in [0, 0.05) is 24.2 Å². The maximum Gasteiger partial charge on any atom is 0.573 e. The maximum absolute atomic E-state index is 12.7. The number of nitrogen functional groups attached to an aromatic ring is 2. The molecule has 0 aliphatic heterocycles. The molecule has 2 aromatic rings. The number of alkyl halides is 6. The molecule has 2 aromatic carbocycles. The first-order valence-electron chi connectivity index (χ1n) is 12.9. The van der Waals surface area contributed by atoms with Gasteiger partial charge in [0.25, 0.3) is 0 Å². The molecule has 10 heteroatoms. The molecular weight excluding hydrogens is 558 g/mol. The van der Waals surface area contributed by atoms with Crippen molar-refractivity contribution in [2.75, 3.05) is 11.5 Å². The summed E-state index contributed by atoms with van der Waals surface area (Å²) in [6.07, 6.45) is -5.21. The molecule has 0 saturated heterocycles. The van der Waals surface area contributed by atoms with Gasteiger partial charge in [-0.3, -0.25) is 0 Å². The van der Waals surface area contributed by atoms with Gasteiger partial charge in [-0.1, -0.05) is 74.1 Å². The molecule has 0 aliphatic rings. The van der Waals surface area contributed by atoms with Crippen LogP contribution in [0.15, 0.2) is 47.5 Å². The van der Waals surface area contributed by atoms with Crippen LogP contribution < -0.4 is 20.9 Å². The summed E-state index contributed by atoms with van der Waals surface area (Å²) in [4.78, 5) is 0. The van der Waals surface area contributed by atoms with Crippen molar-refractivity contribution in [3.63, 3.8) is 0 Å². The van der Waals surface area contributed by atoms with Gasteiger partial charge in [0.15, 0.2) is 0 Å². The van der Waals surface area contributed by atoms with Crippen LogP contribution in [0.25, 0.3) is 0 Å². The van der Waals surface area contributed by atoms with Crippen molar-refractivity contribution in [1.29, 1.82) is 0 Å². The number of unbranched alkanes of at least 4 members (excludes halogenated alkanes) is 4. The fourth-order valence-corrected chi connectivity index (χ4v) is 3.09. The van der Waals surface area contributed by atoms with Crippen LogP contribution in [-0.2, 0) is 0 Å². The van der Waals surface area contributed by atoms with Crippen molar-refractivity contribution >= 4 is 11.4 Å². The molecule has 0 fully saturated rings. The van der Waals surface area contributed by atoms with E-state index in [4.69, 9.17) is 11.5 Å². The molecule has 4 nitrogen and oxygen atoms in total. The Morgan fingerprint density at radius 3 is 1.38 bits per heavy atom. The smallest absolute Gasteiger partial charge is 0.406 e. The Morgan fingerprint density at radius 2 is 1.02 bits per heavy atom. The predicted octanol–water partition coefficient (Wildman–Crippen LogP) is 7.74. The normalized spacial score (nSPS) is 10.4. The Balaban J connectivity index is 2.73. The number of halogens is 6. The molecule has 0 radical (unpaired) electrons. The quantitative estimate of drug-likeness (QED) is 0.157. The molecule has 0 amide bonds. The number of nitrogens with two attached hydrogens (primary N) is 2. The minimum Gasteiger partial charge on any atom is -0.406 e. The van der Waals surface area contributed by atoms with Crippen LogP contribution in [0.5, 0.6) is 11.5 Å². The van der Waals surface area contributed by atoms with Gasteiger partial charge < -0.3 is 20.9 Å². The molecule has 42 heavy (non-hydrogen) atoms. The highest BCUT2D eigenvalue weighted by Crippen LogP contribution is 2.27. The number of hydrogen-bond acceptors (Lipinski definition) is 4. The molecule has 4 N–H and O–H groups in total. The molecule has 0 heterocycles. The number of hydrogen-bond donors (Lipinski definition) is 2. The fourth-order valence-electron chi connectivity index (χ4n) is 3.09. The molecule has 0 bridgehead atoms. The van der Waals surface area contributed by atoms with E-state index in [1.165, 1.54) is 12.1 Å². The Bertz CT molecular complexity index is 1410. The minimum absolute atomic E-state index is 0.0216. The third-order valence-corrected chi connectivity index (χ3v) is 5.15. The third-order valence-electron chi connectivity index (χ3n) is 5.15. The van der Waals surface area contributed by atoms with Crippen LogP contribution in [0.2, 0.25) is 0 Å². The average molecular weight is 587 g/mol. The number of anilines is 2. The Kier molecular flexibility index (Phi) is 12.6. The summed E-state index contributed by atoms with van der Waals surface area (Å²) in [6.45, 7) is 4.01. The van der Waals surface area contributed by atoms with Crippen molar-refractivity contribution < 1.29 is 35.8 Å². The lowest BCUT2D eigenvalue weighted by Gasteiger charge is -2.09. The zero-order valence-electron chi connectivity index (χ0n) is 22.9. The van der Waals surface area contributed by atoms with E-state index in [1.54, 1.807) is 0 Å². The largest absolute Gasteiger partial charge is 0.573 e. The summed E-state index contributed by atoms with van der Waals surface area (Å²) in [5.41, 5.74) is 12.4. The summed E-state index contributed by atoms with van der Waals surface area (Å²) in [5, 5.41) is 0.